The van der Waals surface area contributed by atoms with E-state index in [4.69, 9.17) is 26.3 Å². The molecule has 2 heterocycles. The van der Waals surface area contributed by atoms with E-state index in [9.17, 15) is 4.39 Å². The summed E-state index contributed by atoms with van der Waals surface area (Å²) in [6.45, 7) is 7.16. The summed E-state index contributed by atoms with van der Waals surface area (Å²) in [6.07, 6.45) is 2.09. The van der Waals surface area contributed by atoms with Crippen molar-refractivity contribution in [1.29, 1.82) is 0 Å². The summed E-state index contributed by atoms with van der Waals surface area (Å²) < 4.78 is 19.5. The fourth-order valence-electron chi connectivity index (χ4n) is 4.87. The molecular weight excluding hydrogens is 475 g/mol. The smallest absolute Gasteiger partial charge is 0.223 e. The van der Waals surface area contributed by atoms with Gasteiger partial charge in [-0.2, -0.15) is 0 Å². The van der Waals surface area contributed by atoms with E-state index < -0.39 is 5.82 Å². The monoisotopic (exact) mass is 504 g/mol. The van der Waals surface area contributed by atoms with E-state index in [2.05, 4.69) is 41.4 Å². The molecule has 0 bridgehead atoms. The van der Waals surface area contributed by atoms with Crippen LogP contribution in [0.15, 0.2) is 54.6 Å². The average molecular weight is 505 g/mol. The number of rotatable bonds is 6. The predicted molar refractivity (Wildman–Crippen MR) is 144 cm³/mol. The zero-order valence-corrected chi connectivity index (χ0v) is 21.6. The molecule has 1 fully saturated rings. The van der Waals surface area contributed by atoms with Crippen molar-refractivity contribution in [1.82, 2.24) is 14.9 Å². The quantitative estimate of drug-likeness (QED) is 0.313. The van der Waals surface area contributed by atoms with Crippen molar-refractivity contribution in [2.45, 2.75) is 39.3 Å². The number of aromatic nitrogens is 2. The number of likely N-dealkylation sites (tertiary alicyclic amines) is 1. The highest BCUT2D eigenvalue weighted by atomic mass is 35.5. The normalized spacial score (nSPS) is 14.8. The summed E-state index contributed by atoms with van der Waals surface area (Å²) in [5.74, 6) is 0.687. The van der Waals surface area contributed by atoms with Crippen molar-refractivity contribution in [3.8, 4) is 16.9 Å². The molecule has 36 heavy (non-hydrogen) atoms. The second-order valence-corrected chi connectivity index (χ2v) is 9.92. The lowest BCUT2D eigenvalue weighted by Crippen LogP contribution is -2.39. The molecule has 0 aliphatic carbocycles. The zero-order valence-electron chi connectivity index (χ0n) is 20.8. The molecule has 0 amide bonds. The number of methoxy groups -OCH3 is 1. The SMILES string of the molecule is COc1c(Cl)cc(F)cc1-c1ccc2nc(NC3CCN(Cc4ccc(C)cc4)CC3)nc(C)c2c1. The predicted octanol–water partition coefficient (Wildman–Crippen LogP) is 6.79. The van der Waals surface area contributed by atoms with E-state index >= 15 is 0 Å². The van der Waals surface area contributed by atoms with E-state index in [1.807, 2.05) is 25.1 Å². The Morgan fingerprint density at radius 3 is 2.50 bits per heavy atom. The first-order chi connectivity index (χ1) is 17.4. The Morgan fingerprint density at radius 1 is 1.03 bits per heavy atom. The van der Waals surface area contributed by atoms with E-state index in [-0.39, 0.29) is 5.02 Å². The number of nitrogens with one attached hydrogen (secondary N) is 1. The van der Waals surface area contributed by atoms with Gasteiger partial charge in [0.05, 0.1) is 23.3 Å². The third-order valence-electron chi connectivity index (χ3n) is 6.86. The second kappa shape index (κ2) is 10.4. The molecule has 1 aliphatic heterocycles. The van der Waals surface area contributed by atoms with Crippen LogP contribution in [-0.2, 0) is 6.54 Å². The fraction of sp³-hybridized carbons (Fsp3) is 0.310. The van der Waals surface area contributed by atoms with Crippen LogP contribution in [0, 0.1) is 19.7 Å². The molecule has 0 unspecified atom stereocenters. The first kappa shape index (κ1) is 24.5. The minimum atomic E-state index is -0.409. The highest BCUT2D eigenvalue weighted by molar-refractivity contribution is 6.32. The molecule has 5 rings (SSSR count). The van der Waals surface area contributed by atoms with Crippen molar-refractivity contribution < 1.29 is 9.13 Å². The summed E-state index contributed by atoms with van der Waals surface area (Å²) in [5.41, 5.74) is 5.76. The molecule has 1 N–H and O–H groups in total. The number of nitrogens with zero attached hydrogens (tertiary/aromatic N) is 3. The number of hydrogen-bond acceptors (Lipinski definition) is 5. The lowest BCUT2D eigenvalue weighted by atomic mass is 10.0. The molecule has 1 saturated heterocycles. The molecule has 0 saturated carbocycles. The van der Waals surface area contributed by atoms with Crippen LogP contribution in [0.4, 0.5) is 10.3 Å². The molecule has 3 aromatic carbocycles. The van der Waals surface area contributed by atoms with Crippen LogP contribution in [-0.4, -0.2) is 41.1 Å². The highest BCUT2D eigenvalue weighted by Crippen LogP contribution is 2.38. The van der Waals surface area contributed by atoms with Crippen LogP contribution >= 0.6 is 11.6 Å². The van der Waals surface area contributed by atoms with E-state index in [1.165, 1.54) is 30.4 Å². The van der Waals surface area contributed by atoms with Crippen molar-refractivity contribution in [3.05, 3.63) is 82.3 Å². The van der Waals surface area contributed by atoms with Gasteiger partial charge in [-0.15, -0.1) is 0 Å². The summed E-state index contributed by atoms with van der Waals surface area (Å²) >= 11 is 6.20. The Labute approximate surface area is 216 Å². The van der Waals surface area contributed by atoms with Gasteiger partial charge in [-0.3, -0.25) is 4.90 Å². The maximum absolute atomic E-state index is 14.1. The van der Waals surface area contributed by atoms with Gasteiger partial charge in [0.1, 0.15) is 11.6 Å². The Kier molecular flexibility index (Phi) is 7.08. The lowest BCUT2D eigenvalue weighted by molar-refractivity contribution is 0.211. The molecule has 0 atom stereocenters. The van der Waals surface area contributed by atoms with E-state index in [1.54, 1.807) is 0 Å². The van der Waals surface area contributed by atoms with Gasteiger partial charge in [0.2, 0.25) is 5.95 Å². The van der Waals surface area contributed by atoms with Crippen LogP contribution in [0.5, 0.6) is 5.75 Å². The summed E-state index contributed by atoms with van der Waals surface area (Å²) in [5, 5.41) is 4.70. The van der Waals surface area contributed by atoms with Crippen molar-refractivity contribution in [3.63, 3.8) is 0 Å². The first-order valence-electron chi connectivity index (χ1n) is 12.3. The number of halogens is 2. The molecule has 1 aromatic heterocycles. The molecule has 5 nitrogen and oxygen atoms in total. The minimum Gasteiger partial charge on any atom is -0.495 e. The number of hydrogen-bond donors (Lipinski definition) is 1. The van der Waals surface area contributed by atoms with E-state index in [0.29, 0.717) is 23.3 Å². The standard InChI is InChI=1S/C29H30ClFN4O/c1-18-4-6-20(7-5-18)17-35-12-10-23(11-13-35)33-29-32-19(2)24-14-21(8-9-27(24)34-29)25-15-22(31)16-26(30)28(25)36-3/h4-9,14-16,23H,10-13,17H2,1-3H3,(H,32,33,34). The Balaban J connectivity index is 1.29. The zero-order chi connectivity index (χ0) is 25.2. The summed E-state index contributed by atoms with van der Waals surface area (Å²) in [7, 11) is 1.53. The van der Waals surface area contributed by atoms with Crippen LogP contribution in [0.1, 0.15) is 29.7 Å². The van der Waals surface area contributed by atoms with Crippen molar-refractivity contribution in [2.24, 2.45) is 0 Å². The largest absolute Gasteiger partial charge is 0.495 e. The first-order valence-corrected chi connectivity index (χ1v) is 12.6. The van der Waals surface area contributed by atoms with Crippen LogP contribution < -0.4 is 10.1 Å². The van der Waals surface area contributed by atoms with Crippen molar-refractivity contribution >= 4 is 28.5 Å². The average Bonchev–Trinajstić information content (AvgIpc) is 2.86. The fourth-order valence-corrected chi connectivity index (χ4v) is 5.15. The Hall–Kier alpha value is -3.22. The lowest BCUT2D eigenvalue weighted by Gasteiger charge is -2.32. The van der Waals surface area contributed by atoms with Gasteiger partial charge in [-0.05, 0) is 62.1 Å². The molecule has 4 aromatic rings. The maximum Gasteiger partial charge on any atom is 0.223 e. The molecule has 0 spiro atoms. The number of piperidine rings is 1. The number of benzene rings is 3. The molecule has 7 heteroatoms. The van der Waals surface area contributed by atoms with Gasteiger partial charge < -0.3 is 10.1 Å². The van der Waals surface area contributed by atoms with Gasteiger partial charge >= 0.3 is 0 Å². The van der Waals surface area contributed by atoms with Gasteiger partial charge in [0, 0.05) is 36.6 Å². The highest BCUT2D eigenvalue weighted by Gasteiger charge is 2.21. The number of fused-ring (bicyclic) bond motifs is 1. The van der Waals surface area contributed by atoms with Crippen LogP contribution in [0.2, 0.25) is 5.02 Å². The van der Waals surface area contributed by atoms with Gasteiger partial charge in [0.15, 0.2) is 0 Å². The number of aryl methyl sites for hydroxylation is 2. The molecule has 1 aliphatic rings. The number of anilines is 1. The van der Waals surface area contributed by atoms with Crippen LogP contribution in [0.25, 0.3) is 22.0 Å². The maximum atomic E-state index is 14.1. The third kappa shape index (κ3) is 5.30. The van der Waals surface area contributed by atoms with Gasteiger partial charge in [0.25, 0.3) is 0 Å². The molecule has 0 radical (unpaired) electrons. The minimum absolute atomic E-state index is 0.241. The second-order valence-electron chi connectivity index (χ2n) is 9.51. The molecule has 186 valence electrons. The summed E-state index contributed by atoms with van der Waals surface area (Å²) in [6, 6.07) is 17.6. The van der Waals surface area contributed by atoms with E-state index in [0.717, 1.165) is 54.6 Å². The Morgan fingerprint density at radius 2 is 1.78 bits per heavy atom. The van der Waals surface area contributed by atoms with Crippen molar-refractivity contribution in [2.75, 3.05) is 25.5 Å². The van der Waals surface area contributed by atoms with Gasteiger partial charge in [-0.25, -0.2) is 14.4 Å². The van der Waals surface area contributed by atoms with Crippen LogP contribution in [0.3, 0.4) is 0 Å². The Bertz CT molecular complexity index is 1380. The molecular formula is C29H30ClFN4O. The summed E-state index contributed by atoms with van der Waals surface area (Å²) in [4.78, 5) is 12.0. The topological polar surface area (TPSA) is 50.3 Å². The van der Waals surface area contributed by atoms with Gasteiger partial charge in [-0.1, -0.05) is 47.5 Å². The number of ether oxygens (including phenoxy) is 1. The third-order valence-corrected chi connectivity index (χ3v) is 7.14.